The highest BCUT2D eigenvalue weighted by Crippen LogP contribution is 2.32. The van der Waals surface area contributed by atoms with Gasteiger partial charge in [0.25, 0.3) is 0 Å². The molecule has 0 aliphatic carbocycles. The van der Waals surface area contributed by atoms with Gasteiger partial charge in [-0.25, -0.2) is 4.98 Å². The van der Waals surface area contributed by atoms with Crippen LogP contribution in [0, 0.1) is 0 Å². The summed E-state index contributed by atoms with van der Waals surface area (Å²) >= 11 is 0. The minimum Gasteiger partial charge on any atom is -0.454 e. The molecule has 0 amide bonds. The van der Waals surface area contributed by atoms with Gasteiger partial charge in [0.15, 0.2) is 17.5 Å². The fourth-order valence-corrected chi connectivity index (χ4v) is 4.13. The smallest absolute Gasteiger partial charge is 0.231 e. The predicted molar refractivity (Wildman–Crippen MR) is 139 cm³/mol. The van der Waals surface area contributed by atoms with E-state index in [9.17, 15) is 0 Å². The largest absolute Gasteiger partial charge is 0.454 e. The number of ether oxygens (including phenoxy) is 2. The van der Waals surface area contributed by atoms with Crippen molar-refractivity contribution in [2.24, 2.45) is 4.99 Å². The average molecular weight is 560 g/mol. The lowest BCUT2D eigenvalue weighted by molar-refractivity contribution is 0.171. The number of nitrogens with zero attached hydrogens (tertiary/aromatic N) is 4. The van der Waals surface area contributed by atoms with Crippen molar-refractivity contribution in [3.8, 4) is 22.8 Å². The zero-order valence-electron chi connectivity index (χ0n) is 18.7. The number of halogens is 1. The number of guanidine groups is 1. The van der Waals surface area contributed by atoms with Crippen LogP contribution in [0.1, 0.15) is 11.4 Å². The molecule has 2 aliphatic rings. The molecule has 174 valence electrons. The minimum absolute atomic E-state index is 0. The van der Waals surface area contributed by atoms with Crippen molar-refractivity contribution in [2.75, 3.05) is 40.0 Å². The number of hydrogen-bond acceptors (Lipinski definition) is 5. The zero-order valence-corrected chi connectivity index (χ0v) is 21.0. The van der Waals surface area contributed by atoms with Gasteiger partial charge in [-0.15, -0.1) is 24.0 Å². The van der Waals surface area contributed by atoms with Gasteiger partial charge in [0.2, 0.25) is 6.79 Å². The molecule has 0 spiro atoms. The summed E-state index contributed by atoms with van der Waals surface area (Å²) in [7, 11) is 1.83. The normalized spacial score (nSPS) is 15.9. The lowest BCUT2D eigenvalue weighted by Crippen LogP contribution is -2.52. The number of aromatic amines is 1. The van der Waals surface area contributed by atoms with Crippen molar-refractivity contribution in [3.63, 3.8) is 0 Å². The third-order valence-corrected chi connectivity index (χ3v) is 5.85. The Labute approximate surface area is 211 Å². The highest BCUT2D eigenvalue weighted by molar-refractivity contribution is 14.0. The molecule has 1 aromatic heterocycles. The van der Waals surface area contributed by atoms with Crippen LogP contribution in [0.15, 0.2) is 59.7 Å². The van der Waals surface area contributed by atoms with Gasteiger partial charge in [0, 0.05) is 39.8 Å². The van der Waals surface area contributed by atoms with Gasteiger partial charge in [0.1, 0.15) is 5.82 Å². The molecular formula is C24H29IN6O2. The molecule has 8 nitrogen and oxygen atoms in total. The molecule has 3 aromatic rings. The fraction of sp³-hybridized carbons (Fsp3) is 0.333. The number of piperazine rings is 1. The molecule has 33 heavy (non-hydrogen) atoms. The van der Waals surface area contributed by atoms with Crippen LogP contribution in [-0.2, 0) is 13.1 Å². The number of aliphatic imine (C=N–C) groups is 1. The first-order valence-electron chi connectivity index (χ1n) is 10.9. The molecule has 2 N–H and O–H groups in total. The summed E-state index contributed by atoms with van der Waals surface area (Å²) in [4.78, 5) is 17.1. The Morgan fingerprint density at radius 1 is 1.06 bits per heavy atom. The summed E-state index contributed by atoms with van der Waals surface area (Å²) in [5.74, 6) is 3.48. The first-order valence-corrected chi connectivity index (χ1v) is 10.9. The summed E-state index contributed by atoms with van der Waals surface area (Å²) in [5, 5.41) is 3.45. The third-order valence-electron chi connectivity index (χ3n) is 5.85. The van der Waals surface area contributed by atoms with Gasteiger partial charge in [-0.1, -0.05) is 36.4 Å². The van der Waals surface area contributed by atoms with E-state index in [1.165, 1.54) is 5.56 Å². The van der Waals surface area contributed by atoms with Gasteiger partial charge in [0.05, 0.1) is 18.4 Å². The SMILES string of the molecule is CN=C(NCc1ncc(-c2ccccc2)[nH]1)N1CCN(Cc2ccc3c(c2)OCO3)CC1.I. The third kappa shape index (κ3) is 5.59. The highest BCUT2D eigenvalue weighted by atomic mass is 127. The summed E-state index contributed by atoms with van der Waals surface area (Å²) < 4.78 is 10.9. The second-order valence-corrected chi connectivity index (χ2v) is 7.96. The number of nitrogens with one attached hydrogen (secondary N) is 2. The maximum Gasteiger partial charge on any atom is 0.231 e. The fourth-order valence-electron chi connectivity index (χ4n) is 4.13. The quantitative estimate of drug-likeness (QED) is 0.284. The summed E-state index contributed by atoms with van der Waals surface area (Å²) in [6, 6.07) is 16.4. The molecule has 2 aliphatic heterocycles. The minimum atomic E-state index is 0. The number of benzene rings is 2. The first kappa shape index (κ1) is 23.4. The van der Waals surface area contributed by atoms with E-state index >= 15 is 0 Å². The highest BCUT2D eigenvalue weighted by Gasteiger charge is 2.21. The monoisotopic (exact) mass is 560 g/mol. The standard InChI is InChI=1S/C24H28N6O2.HI/c1-25-24(27-15-23-26-14-20(28-23)19-5-3-2-4-6-19)30-11-9-29(10-12-30)16-18-7-8-21-22(13-18)32-17-31-21;/h2-8,13-14H,9-12,15-17H2,1H3,(H,25,27)(H,26,28);1H. The number of hydrogen-bond donors (Lipinski definition) is 2. The van der Waals surface area contributed by atoms with Crippen LogP contribution >= 0.6 is 24.0 Å². The van der Waals surface area contributed by atoms with Crippen molar-refractivity contribution < 1.29 is 9.47 Å². The molecule has 1 saturated heterocycles. The molecule has 0 atom stereocenters. The predicted octanol–water partition coefficient (Wildman–Crippen LogP) is 3.32. The van der Waals surface area contributed by atoms with E-state index in [2.05, 4.69) is 54.3 Å². The Kier molecular flexibility index (Phi) is 7.71. The number of fused-ring (bicyclic) bond motifs is 1. The second-order valence-electron chi connectivity index (χ2n) is 7.96. The average Bonchev–Trinajstić information content (AvgIpc) is 3.50. The molecule has 1 fully saturated rings. The summed E-state index contributed by atoms with van der Waals surface area (Å²) in [6.45, 7) is 5.65. The van der Waals surface area contributed by atoms with Crippen molar-refractivity contribution in [1.82, 2.24) is 25.1 Å². The lowest BCUT2D eigenvalue weighted by atomic mass is 10.1. The number of aromatic nitrogens is 2. The second kappa shape index (κ2) is 10.9. The van der Waals surface area contributed by atoms with Gasteiger partial charge in [-0.2, -0.15) is 0 Å². The van der Waals surface area contributed by atoms with Crippen LogP contribution < -0.4 is 14.8 Å². The van der Waals surface area contributed by atoms with E-state index in [1.807, 2.05) is 37.5 Å². The molecule has 2 aromatic carbocycles. The van der Waals surface area contributed by atoms with Crippen LogP contribution in [0.2, 0.25) is 0 Å². The number of imidazole rings is 1. The molecule has 3 heterocycles. The van der Waals surface area contributed by atoms with E-state index in [4.69, 9.17) is 9.47 Å². The summed E-state index contributed by atoms with van der Waals surface area (Å²) in [6.07, 6.45) is 1.88. The van der Waals surface area contributed by atoms with Gasteiger partial charge >= 0.3 is 0 Å². The van der Waals surface area contributed by atoms with Crippen LogP contribution in [0.25, 0.3) is 11.3 Å². The lowest BCUT2D eigenvalue weighted by Gasteiger charge is -2.36. The van der Waals surface area contributed by atoms with E-state index in [1.54, 1.807) is 0 Å². The van der Waals surface area contributed by atoms with E-state index in [0.29, 0.717) is 13.3 Å². The molecule has 0 saturated carbocycles. The Bertz CT molecular complexity index is 1080. The van der Waals surface area contributed by atoms with Crippen molar-refractivity contribution in [2.45, 2.75) is 13.1 Å². The topological polar surface area (TPSA) is 78.0 Å². The first-order chi connectivity index (χ1) is 15.8. The summed E-state index contributed by atoms with van der Waals surface area (Å²) in [5.41, 5.74) is 3.40. The maximum absolute atomic E-state index is 5.50. The van der Waals surface area contributed by atoms with Crippen molar-refractivity contribution in [3.05, 3.63) is 66.1 Å². The van der Waals surface area contributed by atoms with Crippen LogP contribution in [0.3, 0.4) is 0 Å². The number of rotatable bonds is 5. The van der Waals surface area contributed by atoms with Gasteiger partial charge in [-0.3, -0.25) is 9.89 Å². The van der Waals surface area contributed by atoms with Gasteiger partial charge < -0.3 is 24.7 Å². The Morgan fingerprint density at radius 2 is 1.85 bits per heavy atom. The molecule has 5 rings (SSSR count). The Morgan fingerprint density at radius 3 is 2.64 bits per heavy atom. The maximum atomic E-state index is 5.50. The van der Waals surface area contributed by atoms with Crippen LogP contribution in [-0.4, -0.2) is 65.7 Å². The molecule has 9 heteroatoms. The van der Waals surface area contributed by atoms with Crippen molar-refractivity contribution in [1.29, 1.82) is 0 Å². The molecule has 0 unspecified atom stereocenters. The zero-order chi connectivity index (χ0) is 21.8. The molecular weight excluding hydrogens is 531 g/mol. The van der Waals surface area contributed by atoms with Crippen LogP contribution in [0.5, 0.6) is 11.5 Å². The van der Waals surface area contributed by atoms with E-state index in [-0.39, 0.29) is 24.0 Å². The Hall–Kier alpha value is -2.79. The van der Waals surface area contributed by atoms with Gasteiger partial charge in [-0.05, 0) is 23.3 Å². The number of H-pyrrole nitrogens is 1. The van der Waals surface area contributed by atoms with Crippen LogP contribution in [0.4, 0.5) is 0 Å². The van der Waals surface area contributed by atoms with E-state index < -0.39 is 0 Å². The molecule has 0 radical (unpaired) electrons. The Balaban J connectivity index is 0.00000259. The molecule has 0 bridgehead atoms. The van der Waals surface area contributed by atoms with Crippen molar-refractivity contribution >= 4 is 29.9 Å². The van der Waals surface area contributed by atoms with E-state index in [0.717, 1.165) is 67.3 Å².